The second-order valence-electron chi connectivity index (χ2n) is 5.37. The Bertz CT molecular complexity index is 915. The Morgan fingerprint density at radius 2 is 1.54 bits per heavy atom. The van der Waals surface area contributed by atoms with Crippen LogP contribution in [0.15, 0.2) is 83.3 Å². The molecule has 0 fully saturated rings. The first-order chi connectivity index (χ1) is 12.6. The lowest BCUT2D eigenvalue weighted by molar-refractivity contribution is 0.102. The molecule has 0 heterocycles. The molecule has 0 aliphatic rings. The van der Waals surface area contributed by atoms with Crippen LogP contribution in [-0.2, 0) is 0 Å². The van der Waals surface area contributed by atoms with E-state index in [4.69, 9.17) is 17.0 Å². The highest BCUT2D eigenvalue weighted by molar-refractivity contribution is 9.10. The largest absolute Gasteiger partial charge is 0.432 e. The highest BCUT2D eigenvalue weighted by atomic mass is 79.9. The second-order valence-corrected chi connectivity index (χ2v) is 6.66. The number of rotatable bonds is 4. The van der Waals surface area contributed by atoms with Crippen molar-refractivity contribution in [2.24, 2.45) is 0 Å². The minimum Gasteiger partial charge on any atom is -0.432 e. The summed E-state index contributed by atoms with van der Waals surface area (Å²) in [5.41, 5.74) is 2.03. The number of ether oxygens (including phenoxy) is 1. The summed E-state index contributed by atoms with van der Waals surface area (Å²) in [4.78, 5) is 12.4. The molecule has 3 aromatic carbocycles. The fraction of sp³-hybridized carbons (Fsp3) is 0. The lowest BCUT2D eigenvalue weighted by atomic mass is 10.2. The molecule has 0 saturated carbocycles. The molecule has 3 aromatic rings. The molecule has 3 rings (SSSR count). The van der Waals surface area contributed by atoms with E-state index < -0.39 is 0 Å². The van der Waals surface area contributed by atoms with Gasteiger partial charge in [-0.05, 0) is 66.8 Å². The fourth-order valence-electron chi connectivity index (χ4n) is 2.21. The van der Waals surface area contributed by atoms with Crippen LogP contribution < -0.4 is 15.4 Å². The topological polar surface area (TPSA) is 50.4 Å². The molecule has 0 aromatic heterocycles. The van der Waals surface area contributed by atoms with Crippen LogP contribution in [0.3, 0.4) is 0 Å². The van der Waals surface area contributed by atoms with Crippen molar-refractivity contribution in [3.63, 3.8) is 0 Å². The van der Waals surface area contributed by atoms with Crippen molar-refractivity contribution in [1.82, 2.24) is 0 Å². The lowest BCUT2D eigenvalue weighted by Gasteiger charge is -2.11. The smallest absolute Gasteiger partial charge is 0.266 e. The number of para-hydroxylation sites is 1. The second kappa shape index (κ2) is 8.60. The zero-order valence-electron chi connectivity index (χ0n) is 13.6. The maximum absolute atomic E-state index is 12.4. The zero-order chi connectivity index (χ0) is 18.4. The fourth-order valence-corrected chi connectivity index (χ4v) is 2.69. The Morgan fingerprint density at radius 1 is 0.846 bits per heavy atom. The molecule has 0 atom stereocenters. The van der Waals surface area contributed by atoms with E-state index in [2.05, 4.69) is 26.6 Å². The van der Waals surface area contributed by atoms with Crippen LogP contribution in [0.4, 0.5) is 11.4 Å². The predicted molar refractivity (Wildman–Crippen MR) is 112 cm³/mol. The van der Waals surface area contributed by atoms with Gasteiger partial charge in [0.25, 0.3) is 11.1 Å². The van der Waals surface area contributed by atoms with Crippen molar-refractivity contribution in [3.8, 4) is 5.75 Å². The highest BCUT2D eigenvalue weighted by Gasteiger charge is 2.09. The molecule has 0 unspecified atom stereocenters. The van der Waals surface area contributed by atoms with Gasteiger partial charge in [0, 0.05) is 21.4 Å². The molecule has 0 spiro atoms. The van der Waals surface area contributed by atoms with Gasteiger partial charge in [0.2, 0.25) is 0 Å². The summed E-state index contributed by atoms with van der Waals surface area (Å²) in [7, 11) is 0. The third-order valence-electron chi connectivity index (χ3n) is 3.43. The Morgan fingerprint density at radius 3 is 2.27 bits per heavy atom. The van der Waals surface area contributed by atoms with Gasteiger partial charge in [0.05, 0.1) is 0 Å². The first kappa shape index (κ1) is 18.1. The SMILES string of the molecule is O=C(Nc1ccc(Br)cc1)c1cccc(OC(=S)Nc2ccccc2)c1. The summed E-state index contributed by atoms with van der Waals surface area (Å²) in [6.07, 6.45) is 0. The number of carbonyl (C=O) groups excluding carboxylic acids is 1. The number of amides is 1. The molecular weight excluding hydrogens is 412 g/mol. The number of carbonyl (C=O) groups is 1. The summed E-state index contributed by atoms with van der Waals surface area (Å²) in [5, 5.41) is 6.04. The maximum Gasteiger partial charge on any atom is 0.266 e. The van der Waals surface area contributed by atoms with Crippen LogP contribution in [0.1, 0.15) is 10.4 Å². The number of halogens is 1. The van der Waals surface area contributed by atoms with Gasteiger partial charge in [0.1, 0.15) is 5.75 Å². The third kappa shape index (κ3) is 5.15. The van der Waals surface area contributed by atoms with Crippen LogP contribution in [-0.4, -0.2) is 11.1 Å². The van der Waals surface area contributed by atoms with E-state index in [0.717, 1.165) is 10.2 Å². The molecule has 0 radical (unpaired) electrons. The highest BCUT2D eigenvalue weighted by Crippen LogP contribution is 2.18. The standard InChI is InChI=1S/C20H15BrN2O2S/c21-15-9-11-17(12-10-15)22-19(24)14-5-4-8-18(13-14)25-20(26)23-16-6-2-1-3-7-16/h1-13H,(H,22,24)(H,23,26). The van der Waals surface area contributed by atoms with Crippen LogP contribution in [0.25, 0.3) is 0 Å². The maximum atomic E-state index is 12.4. The van der Waals surface area contributed by atoms with Crippen LogP contribution in [0, 0.1) is 0 Å². The number of nitrogens with one attached hydrogen (secondary N) is 2. The van der Waals surface area contributed by atoms with Crippen molar-refractivity contribution in [1.29, 1.82) is 0 Å². The van der Waals surface area contributed by atoms with Crippen LogP contribution in [0.2, 0.25) is 0 Å². The molecule has 2 N–H and O–H groups in total. The molecular formula is C20H15BrN2O2S. The van der Waals surface area contributed by atoms with Crippen molar-refractivity contribution >= 4 is 50.6 Å². The summed E-state index contributed by atoms with van der Waals surface area (Å²) in [6.45, 7) is 0. The summed E-state index contributed by atoms with van der Waals surface area (Å²) >= 11 is 8.57. The summed E-state index contributed by atoms with van der Waals surface area (Å²) in [5.74, 6) is 0.265. The van der Waals surface area contributed by atoms with Gasteiger partial charge in [0.15, 0.2) is 0 Å². The van der Waals surface area contributed by atoms with Gasteiger partial charge in [-0.15, -0.1) is 0 Å². The van der Waals surface area contributed by atoms with E-state index in [9.17, 15) is 4.79 Å². The molecule has 1 amide bonds. The van der Waals surface area contributed by atoms with E-state index in [1.54, 1.807) is 24.3 Å². The Labute approximate surface area is 165 Å². The van der Waals surface area contributed by atoms with Crippen LogP contribution in [0.5, 0.6) is 5.75 Å². The first-order valence-electron chi connectivity index (χ1n) is 7.81. The number of hydrogen-bond acceptors (Lipinski definition) is 3. The minimum absolute atomic E-state index is 0.210. The van der Waals surface area contributed by atoms with E-state index in [-0.39, 0.29) is 11.1 Å². The van der Waals surface area contributed by atoms with Gasteiger partial charge in [-0.3, -0.25) is 4.79 Å². The molecule has 4 nitrogen and oxygen atoms in total. The molecule has 0 aliphatic carbocycles. The van der Waals surface area contributed by atoms with Gasteiger partial charge in [-0.25, -0.2) is 0 Å². The number of thiocarbonyl (C=S) groups is 1. The number of hydrogen-bond donors (Lipinski definition) is 2. The average molecular weight is 427 g/mol. The Balaban J connectivity index is 1.64. The molecule has 0 saturated heterocycles. The van der Waals surface area contributed by atoms with E-state index in [1.807, 2.05) is 54.6 Å². The van der Waals surface area contributed by atoms with Gasteiger partial charge >= 0.3 is 0 Å². The van der Waals surface area contributed by atoms with Gasteiger partial charge in [-0.1, -0.05) is 40.2 Å². The first-order valence-corrected chi connectivity index (χ1v) is 9.01. The quantitative estimate of drug-likeness (QED) is 0.542. The Kier molecular flexibility index (Phi) is 5.99. The van der Waals surface area contributed by atoms with E-state index in [1.165, 1.54) is 0 Å². The van der Waals surface area contributed by atoms with Gasteiger partial charge < -0.3 is 15.4 Å². The summed E-state index contributed by atoms with van der Waals surface area (Å²) in [6, 6.07) is 23.7. The normalized spacial score (nSPS) is 10.0. The van der Waals surface area contributed by atoms with Gasteiger partial charge in [-0.2, -0.15) is 0 Å². The zero-order valence-corrected chi connectivity index (χ0v) is 16.0. The van der Waals surface area contributed by atoms with E-state index >= 15 is 0 Å². The Hall–Kier alpha value is -2.70. The lowest BCUT2D eigenvalue weighted by Crippen LogP contribution is -2.17. The number of benzene rings is 3. The predicted octanol–water partition coefficient (Wildman–Crippen LogP) is 5.48. The monoisotopic (exact) mass is 426 g/mol. The third-order valence-corrected chi connectivity index (χ3v) is 4.14. The van der Waals surface area contributed by atoms with Crippen molar-refractivity contribution in [2.45, 2.75) is 0 Å². The van der Waals surface area contributed by atoms with Crippen molar-refractivity contribution in [2.75, 3.05) is 10.6 Å². The molecule has 130 valence electrons. The summed E-state index contributed by atoms with van der Waals surface area (Å²) < 4.78 is 6.56. The molecule has 6 heteroatoms. The number of anilines is 2. The van der Waals surface area contributed by atoms with Crippen molar-refractivity contribution in [3.05, 3.63) is 88.9 Å². The molecule has 26 heavy (non-hydrogen) atoms. The van der Waals surface area contributed by atoms with Crippen molar-refractivity contribution < 1.29 is 9.53 Å². The average Bonchev–Trinajstić information content (AvgIpc) is 2.64. The molecule has 0 aliphatic heterocycles. The van der Waals surface area contributed by atoms with E-state index in [0.29, 0.717) is 17.0 Å². The molecule has 0 bridgehead atoms. The van der Waals surface area contributed by atoms with Crippen LogP contribution >= 0.6 is 28.1 Å². The minimum atomic E-state index is -0.222.